The van der Waals surface area contributed by atoms with Gasteiger partial charge >= 0.3 is 0 Å². The second-order valence-corrected chi connectivity index (χ2v) is 5.72. The van der Waals surface area contributed by atoms with Crippen LogP contribution in [0, 0.1) is 10.1 Å². The number of nitrogens with zero attached hydrogens (tertiary/aromatic N) is 1. The summed E-state index contributed by atoms with van der Waals surface area (Å²) in [6.45, 7) is 0. The van der Waals surface area contributed by atoms with E-state index in [4.69, 9.17) is 0 Å². The Labute approximate surface area is 132 Å². The molecule has 0 heterocycles. The molecule has 0 saturated carbocycles. The molecule has 0 unspecified atom stereocenters. The summed E-state index contributed by atoms with van der Waals surface area (Å²) in [4.78, 5) is 22.2. The Morgan fingerprint density at radius 3 is 2.50 bits per heavy atom. The Balaban J connectivity index is 1.78. The number of carbonyl (C=O) groups is 1. The molecule has 114 valence electrons. The topological polar surface area (TPSA) is 72.2 Å². The summed E-state index contributed by atoms with van der Waals surface area (Å²) >= 11 is 1.66. The van der Waals surface area contributed by atoms with Crippen LogP contribution in [0.4, 0.5) is 11.4 Å². The van der Waals surface area contributed by atoms with E-state index in [1.54, 1.807) is 23.9 Å². The monoisotopic (exact) mass is 316 g/mol. The van der Waals surface area contributed by atoms with Crippen LogP contribution in [0.1, 0.15) is 12.0 Å². The van der Waals surface area contributed by atoms with Crippen LogP contribution in [-0.2, 0) is 10.5 Å². The third kappa shape index (κ3) is 4.89. The molecule has 6 heteroatoms. The van der Waals surface area contributed by atoms with Crippen LogP contribution in [-0.4, -0.2) is 16.6 Å². The summed E-state index contributed by atoms with van der Waals surface area (Å²) in [5.74, 6) is 1.30. The molecule has 0 aromatic heterocycles. The van der Waals surface area contributed by atoms with E-state index in [2.05, 4.69) is 5.32 Å². The fourth-order valence-electron chi connectivity index (χ4n) is 1.88. The van der Waals surface area contributed by atoms with Crippen molar-refractivity contribution in [3.8, 4) is 0 Å². The van der Waals surface area contributed by atoms with Gasteiger partial charge in [0.05, 0.1) is 4.92 Å². The highest BCUT2D eigenvalue weighted by atomic mass is 32.2. The number of hydrogen-bond donors (Lipinski definition) is 1. The van der Waals surface area contributed by atoms with Crippen LogP contribution in [0.15, 0.2) is 54.6 Å². The number of benzene rings is 2. The first-order valence-electron chi connectivity index (χ1n) is 6.82. The summed E-state index contributed by atoms with van der Waals surface area (Å²) in [6.07, 6.45) is 0.323. The number of thioether (sulfide) groups is 1. The first-order chi connectivity index (χ1) is 10.7. The standard InChI is InChI=1S/C16H16N2O3S/c19-16(10-11-22-12-13-6-2-1-3-7-13)17-14-8-4-5-9-15(14)18(20)21/h1-9H,10-12H2,(H,17,19). The van der Waals surface area contributed by atoms with Crippen LogP contribution in [0.3, 0.4) is 0 Å². The number of para-hydroxylation sites is 2. The van der Waals surface area contributed by atoms with Crippen LogP contribution in [0.5, 0.6) is 0 Å². The van der Waals surface area contributed by atoms with Crippen molar-refractivity contribution in [2.75, 3.05) is 11.1 Å². The molecule has 22 heavy (non-hydrogen) atoms. The molecule has 5 nitrogen and oxygen atoms in total. The van der Waals surface area contributed by atoms with Crippen molar-refractivity contribution in [2.24, 2.45) is 0 Å². The molecule has 0 bridgehead atoms. The zero-order chi connectivity index (χ0) is 15.8. The minimum Gasteiger partial charge on any atom is -0.320 e. The van der Waals surface area contributed by atoms with Crippen molar-refractivity contribution in [1.82, 2.24) is 0 Å². The second-order valence-electron chi connectivity index (χ2n) is 4.61. The number of nitrogens with one attached hydrogen (secondary N) is 1. The van der Waals surface area contributed by atoms with E-state index in [0.29, 0.717) is 12.2 Å². The minimum atomic E-state index is -0.500. The summed E-state index contributed by atoms with van der Waals surface area (Å²) in [5, 5.41) is 13.5. The van der Waals surface area contributed by atoms with E-state index in [1.165, 1.54) is 17.7 Å². The van der Waals surface area contributed by atoms with Gasteiger partial charge in [0.15, 0.2) is 0 Å². The average Bonchev–Trinajstić information content (AvgIpc) is 2.53. The number of amides is 1. The van der Waals surface area contributed by atoms with E-state index in [9.17, 15) is 14.9 Å². The number of rotatable bonds is 7. The van der Waals surface area contributed by atoms with Crippen molar-refractivity contribution in [3.05, 3.63) is 70.3 Å². The lowest BCUT2D eigenvalue weighted by Gasteiger charge is -2.06. The van der Waals surface area contributed by atoms with Gasteiger partial charge in [-0.3, -0.25) is 14.9 Å². The molecule has 0 spiro atoms. The summed E-state index contributed by atoms with van der Waals surface area (Å²) in [7, 11) is 0. The first kappa shape index (κ1) is 16.0. The average molecular weight is 316 g/mol. The van der Waals surface area contributed by atoms with Gasteiger partial charge in [0.25, 0.3) is 5.69 Å². The van der Waals surface area contributed by atoms with Crippen LogP contribution in [0.2, 0.25) is 0 Å². The van der Waals surface area contributed by atoms with E-state index in [-0.39, 0.29) is 17.3 Å². The Kier molecular flexibility index (Phi) is 5.97. The lowest BCUT2D eigenvalue weighted by Crippen LogP contribution is -2.13. The van der Waals surface area contributed by atoms with Crippen molar-refractivity contribution in [2.45, 2.75) is 12.2 Å². The lowest BCUT2D eigenvalue weighted by atomic mass is 10.2. The fourth-order valence-corrected chi connectivity index (χ4v) is 2.78. The lowest BCUT2D eigenvalue weighted by molar-refractivity contribution is -0.383. The van der Waals surface area contributed by atoms with Crippen molar-refractivity contribution >= 4 is 29.0 Å². The van der Waals surface area contributed by atoms with Gasteiger partial charge in [0, 0.05) is 24.0 Å². The van der Waals surface area contributed by atoms with Gasteiger partial charge < -0.3 is 5.32 Å². The Hall–Kier alpha value is -2.34. The normalized spacial score (nSPS) is 10.2. The van der Waals surface area contributed by atoms with E-state index >= 15 is 0 Å². The number of nitro groups is 1. The largest absolute Gasteiger partial charge is 0.320 e. The Morgan fingerprint density at radius 1 is 1.09 bits per heavy atom. The summed E-state index contributed by atoms with van der Waals surface area (Å²) in [6, 6.07) is 16.2. The Bertz CT molecular complexity index is 647. The van der Waals surface area contributed by atoms with Crippen LogP contribution < -0.4 is 5.32 Å². The molecule has 0 saturated heterocycles. The van der Waals surface area contributed by atoms with E-state index in [1.807, 2.05) is 30.3 Å². The molecule has 2 aromatic carbocycles. The van der Waals surface area contributed by atoms with Crippen LogP contribution >= 0.6 is 11.8 Å². The summed E-state index contributed by atoms with van der Waals surface area (Å²) < 4.78 is 0. The molecule has 2 rings (SSSR count). The third-order valence-electron chi connectivity index (χ3n) is 2.96. The van der Waals surface area contributed by atoms with Crippen molar-refractivity contribution < 1.29 is 9.72 Å². The zero-order valence-corrected chi connectivity index (χ0v) is 12.7. The molecule has 0 aliphatic carbocycles. The van der Waals surface area contributed by atoms with Crippen molar-refractivity contribution in [1.29, 1.82) is 0 Å². The molecular weight excluding hydrogens is 300 g/mol. The highest BCUT2D eigenvalue weighted by molar-refractivity contribution is 7.98. The zero-order valence-electron chi connectivity index (χ0n) is 11.9. The van der Waals surface area contributed by atoms with Gasteiger partial charge in [-0.15, -0.1) is 0 Å². The number of nitro benzene ring substituents is 1. The summed E-state index contributed by atoms with van der Waals surface area (Å²) in [5.41, 5.74) is 1.37. The quantitative estimate of drug-likeness (QED) is 0.478. The highest BCUT2D eigenvalue weighted by Crippen LogP contribution is 2.23. The van der Waals surface area contributed by atoms with Gasteiger partial charge in [0.1, 0.15) is 5.69 Å². The molecule has 0 aliphatic heterocycles. The molecule has 1 amide bonds. The molecule has 0 aliphatic rings. The second kappa shape index (κ2) is 8.19. The number of hydrogen-bond acceptors (Lipinski definition) is 4. The minimum absolute atomic E-state index is 0.0900. The maximum atomic E-state index is 11.9. The van der Waals surface area contributed by atoms with E-state index in [0.717, 1.165) is 5.75 Å². The molecule has 0 radical (unpaired) electrons. The SMILES string of the molecule is O=C(CCSCc1ccccc1)Nc1ccccc1[N+](=O)[O-]. The maximum Gasteiger partial charge on any atom is 0.292 e. The van der Waals surface area contributed by atoms with Gasteiger partial charge in [-0.2, -0.15) is 11.8 Å². The molecule has 1 N–H and O–H groups in total. The number of carbonyl (C=O) groups excluding carboxylic acids is 1. The molecular formula is C16H16N2O3S. The predicted molar refractivity (Wildman–Crippen MR) is 88.9 cm³/mol. The number of anilines is 1. The van der Waals surface area contributed by atoms with Gasteiger partial charge in [0.2, 0.25) is 5.91 Å². The fraction of sp³-hybridized carbons (Fsp3) is 0.188. The first-order valence-corrected chi connectivity index (χ1v) is 7.97. The van der Waals surface area contributed by atoms with Gasteiger partial charge in [-0.05, 0) is 11.6 Å². The highest BCUT2D eigenvalue weighted by Gasteiger charge is 2.14. The smallest absolute Gasteiger partial charge is 0.292 e. The molecule has 2 aromatic rings. The third-order valence-corrected chi connectivity index (χ3v) is 3.99. The van der Waals surface area contributed by atoms with Crippen molar-refractivity contribution in [3.63, 3.8) is 0 Å². The molecule has 0 fully saturated rings. The predicted octanol–water partition coefficient (Wildman–Crippen LogP) is 3.86. The van der Waals surface area contributed by atoms with Crippen LogP contribution in [0.25, 0.3) is 0 Å². The maximum absolute atomic E-state index is 11.9. The Morgan fingerprint density at radius 2 is 1.77 bits per heavy atom. The van der Waals surface area contributed by atoms with Gasteiger partial charge in [-0.25, -0.2) is 0 Å². The van der Waals surface area contributed by atoms with Gasteiger partial charge in [-0.1, -0.05) is 42.5 Å². The van der Waals surface area contributed by atoms with E-state index < -0.39 is 4.92 Å². The molecule has 0 atom stereocenters.